The predicted octanol–water partition coefficient (Wildman–Crippen LogP) is 1.89. The Hall–Kier alpha value is -2.82. The summed E-state index contributed by atoms with van der Waals surface area (Å²) in [6, 6.07) is 14.1. The third kappa shape index (κ3) is 2.01. The Labute approximate surface area is 109 Å². The van der Waals surface area contributed by atoms with Gasteiger partial charge in [0.1, 0.15) is 5.52 Å². The maximum Gasteiger partial charge on any atom is 0.365 e. The molecule has 0 aliphatic carbocycles. The SMILES string of the molecule is Nc1cccc2c1cnn2OC(=O)c1ccccc1. The summed E-state index contributed by atoms with van der Waals surface area (Å²) in [6.45, 7) is 0. The summed E-state index contributed by atoms with van der Waals surface area (Å²) < 4.78 is 0. The molecule has 0 atom stereocenters. The largest absolute Gasteiger partial charge is 0.398 e. The molecule has 5 nitrogen and oxygen atoms in total. The maximum absolute atomic E-state index is 11.9. The first-order valence-corrected chi connectivity index (χ1v) is 5.75. The molecule has 1 aromatic heterocycles. The van der Waals surface area contributed by atoms with Gasteiger partial charge in [-0.3, -0.25) is 0 Å². The van der Waals surface area contributed by atoms with E-state index in [0.29, 0.717) is 16.8 Å². The molecule has 0 aliphatic rings. The van der Waals surface area contributed by atoms with Crippen LogP contribution in [0.4, 0.5) is 5.69 Å². The van der Waals surface area contributed by atoms with Crippen LogP contribution in [0.15, 0.2) is 54.7 Å². The van der Waals surface area contributed by atoms with E-state index in [1.165, 1.54) is 4.85 Å². The molecule has 2 N–H and O–H groups in total. The van der Waals surface area contributed by atoms with Crippen molar-refractivity contribution in [1.82, 2.24) is 9.94 Å². The molecule has 0 fully saturated rings. The Bertz CT molecular complexity index is 735. The van der Waals surface area contributed by atoms with Crippen molar-refractivity contribution < 1.29 is 9.63 Å². The van der Waals surface area contributed by atoms with Crippen LogP contribution in [0.5, 0.6) is 0 Å². The number of rotatable bonds is 2. The fraction of sp³-hybridized carbons (Fsp3) is 0. The topological polar surface area (TPSA) is 70.1 Å². The van der Waals surface area contributed by atoms with Gasteiger partial charge in [0.25, 0.3) is 0 Å². The van der Waals surface area contributed by atoms with Gasteiger partial charge >= 0.3 is 5.97 Å². The number of aromatic nitrogens is 2. The molecule has 0 aliphatic heterocycles. The third-order valence-electron chi connectivity index (χ3n) is 2.79. The molecule has 0 radical (unpaired) electrons. The van der Waals surface area contributed by atoms with E-state index in [9.17, 15) is 4.79 Å². The molecule has 0 amide bonds. The molecular formula is C14H11N3O2. The Morgan fingerprint density at radius 1 is 1.11 bits per heavy atom. The molecular weight excluding hydrogens is 242 g/mol. The number of nitrogen functional groups attached to an aromatic ring is 1. The van der Waals surface area contributed by atoms with E-state index in [1.807, 2.05) is 6.07 Å². The zero-order valence-corrected chi connectivity index (χ0v) is 9.98. The molecule has 3 aromatic rings. The lowest BCUT2D eigenvalue weighted by molar-refractivity contribution is 0.0420. The molecule has 2 aromatic carbocycles. The number of hydrogen-bond acceptors (Lipinski definition) is 4. The van der Waals surface area contributed by atoms with Crippen LogP contribution in [0.25, 0.3) is 10.9 Å². The molecule has 0 saturated carbocycles. The number of anilines is 1. The van der Waals surface area contributed by atoms with Gasteiger partial charge < -0.3 is 10.6 Å². The molecule has 0 spiro atoms. The molecule has 0 unspecified atom stereocenters. The highest BCUT2D eigenvalue weighted by Crippen LogP contribution is 2.19. The van der Waals surface area contributed by atoms with E-state index < -0.39 is 5.97 Å². The summed E-state index contributed by atoms with van der Waals surface area (Å²) >= 11 is 0. The van der Waals surface area contributed by atoms with Crippen LogP contribution in [0.1, 0.15) is 10.4 Å². The average molecular weight is 253 g/mol. The minimum atomic E-state index is -0.465. The van der Waals surface area contributed by atoms with Crippen molar-refractivity contribution >= 4 is 22.6 Å². The van der Waals surface area contributed by atoms with Crippen molar-refractivity contribution in [2.75, 3.05) is 5.73 Å². The van der Waals surface area contributed by atoms with E-state index in [2.05, 4.69) is 5.10 Å². The van der Waals surface area contributed by atoms with Crippen molar-refractivity contribution in [3.8, 4) is 0 Å². The second kappa shape index (κ2) is 4.45. The van der Waals surface area contributed by atoms with Crippen LogP contribution < -0.4 is 10.6 Å². The van der Waals surface area contributed by atoms with Gasteiger partial charge in [0.2, 0.25) is 0 Å². The highest BCUT2D eigenvalue weighted by atomic mass is 16.7. The predicted molar refractivity (Wildman–Crippen MR) is 71.5 cm³/mol. The standard InChI is InChI=1S/C14H11N3O2/c15-12-7-4-8-13-11(12)9-16-17(13)19-14(18)10-5-2-1-3-6-10/h1-9H,15H2. The van der Waals surface area contributed by atoms with E-state index in [4.69, 9.17) is 10.6 Å². The summed E-state index contributed by atoms with van der Waals surface area (Å²) in [4.78, 5) is 18.3. The van der Waals surface area contributed by atoms with Crippen molar-refractivity contribution in [3.05, 3.63) is 60.3 Å². The van der Waals surface area contributed by atoms with Crippen molar-refractivity contribution in [2.24, 2.45) is 0 Å². The molecule has 3 rings (SSSR count). The van der Waals surface area contributed by atoms with Crippen LogP contribution >= 0.6 is 0 Å². The normalized spacial score (nSPS) is 10.5. The first-order valence-electron chi connectivity index (χ1n) is 5.75. The minimum absolute atomic E-state index is 0.465. The lowest BCUT2D eigenvalue weighted by atomic mass is 10.2. The first-order chi connectivity index (χ1) is 9.25. The highest BCUT2D eigenvalue weighted by Gasteiger charge is 2.11. The first kappa shape index (κ1) is 11.3. The van der Waals surface area contributed by atoms with Gasteiger partial charge in [-0.05, 0) is 24.3 Å². The summed E-state index contributed by atoms with van der Waals surface area (Å²) in [7, 11) is 0. The number of fused-ring (bicyclic) bond motifs is 1. The number of nitrogens with two attached hydrogens (primary N) is 1. The smallest absolute Gasteiger partial charge is 0.365 e. The Morgan fingerprint density at radius 3 is 2.68 bits per heavy atom. The zero-order valence-electron chi connectivity index (χ0n) is 9.98. The van der Waals surface area contributed by atoms with Crippen molar-refractivity contribution in [2.45, 2.75) is 0 Å². The zero-order chi connectivity index (χ0) is 13.2. The van der Waals surface area contributed by atoms with Gasteiger partial charge in [-0.2, -0.15) is 0 Å². The van der Waals surface area contributed by atoms with Crippen LogP contribution in [0.3, 0.4) is 0 Å². The second-order valence-electron chi connectivity index (χ2n) is 4.04. The van der Waals surface area contributed by atoms with Crippen LogP contribution in [-0.2, 0) is 0 Å². The third-order valence-corrected chi connectivity index (χ3v) is 2.79. The van der Waals surface area contributed by atoms with E-state index >= 15 is 0 Å². The lowest BCUT2D eigenvalue weighted by Gasteiger charge is -2.04. The van der Waals surface area contributed by atoms with Gasteiger partial charge in [-0.25, -0.2) is 4.79 Å². The van der Waals surface area contributed by atoms with Crippen LogP contribution in [0, 0.1) is 0 Å². The number of hydrogen-bond donors (Lipinski definition) is 1. The Kier molecular flexibility index (Phi) is 2.64. The number of benzene rings is 2. The van der Waals surface area contributed by atoms with Gasteiger partial charge in [-0.1, -0.05) is 29.1 Å². The maximum atomic E-state index is 11.9. The van der Waals surface area contributed by atoms with Crippen LogP contribution in [0.2, 0.25) is 0 Å². The Balaban J connectivity index is 1.94. The fourth-order valence-corrected chi connectivity index (χ4v) is 1.83. The highest BCUT2D eigenvalue weighted by molar-refractivity contribution is 5.92. The van der Waals surface area contributed by atoms with E-state index in [-0.39, 0.29) is 0 Å². The summed E-state index contributed by atoms with van der Waals surface area (Å²) in [5.74, 6) is -0.465. The molecule has 19 heavy (non-hydrogen) atoms. The minimum Gasteiger partial charge on any atom is -0.398 e. The quantitative estimate of drug-likeness (QED) is 0.708. The van der Waals surface area contributed by atoms with Crippen molar-refractivity contribution in [3.63, 3.8) is 0 Å². The Morgan fingerprint density at radius 2 is 1.89 bits per heavy atom. The lowest BCUT2D eigenvalue weighted by Crippen LogP contribution is -2.20. The van der Waals surface area contributed by atoms with Crippen LogP contribution in [-0.4, -0.2) is 15.9 Å². The fourth-order valence-electron chi connectivity index (χ4n) is 1.83. The molecule has 0 saturated heterocycles. The average Bonchev–Trinajstić information content (AvgIpc) is 2.84. The molecule has 94 valence electrons. The second-order valence-corrected chi connectivity index (χ2v) is 4.04. The van der Waals surface area contributed by atoms with Gasteiger partial charge in [0.05, 0.1) is 11.8 Å². The summed E-state index contributed by atoms with van der Waals surface area (Å²) in [5.41, 5.74) is 7.54. The van der Waals surface area contributed by atoms with Crippen molar-refractivity contribution in [1.29, 1.82) is 0 Å². The number of carbonyl (C=O) groups excluding carboxylic acids is 1. The van der Waals surface area contributed by atoms with E-state index in [0.717, 1.165) is 5.39 Å². The molecule has 5 heteroatoms. The van der Waals surface area contributed by atoms with Gasteiger partial charge in [0, 0.05) is 11.1 Å². The summed E-state index contributed by atoms with van der Waals surface area (Å²) in [5, 5.41) is 4.77. The van der Waals surface area contributed by atoms with Gasteiger partial charge in [0.15, 0.2) is 0 Å². The molecule has 0 bridgehead atoms. The summed E-state index contributed by atoms with van der Waals surface area (Å²) in [6.07, 6.45) is 1.57. The monoisotopic (exact) mass is 253 g/mol. The van der Waals surface area contributed by atoms with Gasteiger partial charge in [-0.15, -0.1) is 5.10 Å². The molecule has 1 heterocycles. The number of nitrogens with zero attached hydrogens (tertiary/aromatic N) is 2. The number of carbonyl (C=O) groups is 1. The van der Waals surface area contributed by atoms with E-state index in [1.54, 1.807) is 48.7 Å².